The van der Waals surface area contributed by atoms with E-state index in [9.17, 15) is 14.8 Å². The second-order valence-electron chi connectivity index (χ2n) is 6.24. The quantitative estimate of drug-likeness (QED) is 0.447. The van der Waals surface area contributed by atoms with Crippen LogP contribution in [0.15, 0.2) is 35.6 Å². The minimum Gasteiger partial charge on any atom is -0.385 e. The van der Waals surface area contributed by atoms with Crippen molar-refractivity contribution in [2.75, 3.05) is 27.3 Å². The summed E-state index contributed by atoms with van der Waals surface area (Å²) in [6.45, 7) is 2.43. The number of carbonyl (C=O) groups is 1. The number of hydrogen-bond acceptors (Lipinski definition) is 8. The average molecular weight is 397 g/mol. The average Bonchev–Trinajstić information content (AvgIpc) is 3.02. The van der Waals surface area contributed by atoms with Gasteiger partial charge in [0.05, 0.1) is 11.9 Å². The van der Waals surface area contributed by atoms with Crippen molar-refractivity contribution in [3.8, 4) is 0 Å². The van der Waals surface area contributed by atoms with E-state index in [2.05, 4.69) is 10.6 Å². The maximum atomic E-state index is 11.8. The van der Waals surface area contributed by atoms with Crippen LogP contribution in [-0.4, -0.2) is 74.2 Å². The number of methoxy groups -OCH3 is 1. The monoisotopic (exact) mass is 397 g/mol. The predicted octanol–water partition coefficient (Wildman–Crippen LogP) is 1.03. The molecule has 0 bridgehead atoms. The van der Waals surface area contributed by atoms with Crippen LogP contribution in [0.4, 0.5) is 4.79 Å². The normalized spacial score (nSPS) is 25.3. The van der Waals surface area contributed by atoms with Gasteiger partial charge in [0, 0.05) is 27.3 Å². The van der Waals surface area contributed by atoms with Gasteiger partial charge >= 0.3 is 6.03 Å². The Labute approximate surface area is 163 Å². The highest BCUT2D eigenvalue weighted by Crippen LogP contribution is 2.29. The van der Waals surface area contributed by atoms with Gasteiger partial charge in [-0.2, -0.15) is 5.01 Å². The Hall–Kier alpha value is -2.11. The largest absolute Gasteiger partial charge is 0.385 e. The molecule has 0 radical (unpaired) electrons. The molecule has 2 rings (SSSR count). The number of nitroso groups, excluding NO2 is 1. The van der Waals surface area contributed by atoms with Gasteiger partial charge in [0.2, 0.25) is 0 Å². The summed E-state index contributed by atoms with van der Waals surface area (Å²) < 4.78 is 22.6. The number of amides is 2. The Kier molecular flexibility index (Phi) is 8.74. The van der Waals surface area contributed by atoms with E-state index in [-0.39, 0.29) is 13.2 Å². The summed E-state index contributed by atoms with van der Waals surface area (Å²) in [6, 6.07) is 8.83. The SMILES string of the molecule is CCOC1O[C@H]([C@@H](CNC(=O)N(C)N=O)OC)[C@H](OCc2ccccc2)[C@H]1O. The van der Waals surface area contributed by atoms with E-state index in [0.29, 0.717) is 11.6 Å². The summed E-state index contributed by atoms with van der Waals surface area (Å²) in [4.78, 5) is 22.2. The number of urea groups is 1. The molecule has 1 aliphatic heterocycles. The molecule has 2 N–H and O–H groups in total. The number of aliphatic hydroxyl groups is 1. The maximum absolute atomic E-state index is 11.8. The van der Waals surface area contributed by atoms with E-state index in [1.165, 1.54) is 14.2 Å². The van der Waals surface area contributed by atoms with E-state index in [4.69, 9.17) is 18.9 Å². The molecule has 0 aliphatic carbocycles. The summed E-state index contributed by atoms with van der Waals surface area (Å²) in [5.41, 5.74) is 0.939. The van der Waals surface area contributed by atoms with Crippen LogP contribution in [0.25, 0.3) is 0 Å². The van der Waals surface area contributed by atoms with Crippen LogP contribution >= 0.6 is 0 Å². The first-order chi connectivity index (χ1) is 13.5. The molecule has 1 aromatic carbocycles. The Morgan fingerprint density at radius 1 is 1.36 bits per heavy atom. The first kappa shape index (κ1) is 22.2. The zero-order chi connectivity index (χ0) is 20.5. The van der Waals surface area contributed by atoms with Crippen molar-refractivity contribution < 1.29 is 28.8 Å². The van der Waals surface area contributed by atoms with Crippen molar-refractivity contribution >= 4 is 6.03 Å². The molecule has 0 spiro atoms. The van der Waals surface area contributed by atoms with E-state index in [1.807, 2.05) is 30.3 Å². The third-order valence-electron chi connectivity index (χ3n) is 4.39. The van der Waals surface area contributed by atoms with Crippen LogP contribution in [0, 0.1) is 4.91 Å². The molecule has 28 heavy (non-hydrogen) atoms. The van der Waals surface area contributed by atoms with Crippen molar-refractivity contribution in [3.63, 3.8) is 0 Å². The van der Waals surface area contributed by atoms with Gasteiger partial charge in [-0.3, -0.25) is 0 Å². The molecule has 156 valence electrons. The minimum atomic E-state index is -1.03. The zero-order valence-electron chi connectivity index (χ0n) is 16.2. The summed E-state index contributed by atoms with van der Waals surface area (Å²) in [7, 11) is 2.69. The second kappa shape index (κ2) is 11.0. The molecule has 1 fully saturated rings. The molecule has 5 atom stereocenters. The van der Waals surface area contributed by atoms with Gasteiger partial charge in [-0.1, -0.05) is 30.3 Å². The highest BCUT2D eigenvalue weighted by Gasteiger charge is 2.48. The fourth-order valence-electron chi connectivity index (χ4n) is 2.90. The Bertz CT molecular complexity index is 618. The van der Waals surface area contributed by atoms with E-state index < -0.39 is 36.7 Å². The van der Waals surface area contributed by atoms with Crippen LogP contribution < -0.4 is 5.32 Å². The Morgan fingerprint density at radius 3 is 2.68 bits per heavy atom. The van der Waals surface area contributed by atoms with Crippen molar-refractivity contribution in [3.05, 3.63) is 40.8 Å². The van der Waals surface area contributed by atoms with Crippen molar-refractivity contribution in [1.82, 2.24) is 10.3 Å². The number of carbonyl (C=O) groups excluding carboxylic acids is 1. The first-order valence-electron chi connectivity index (χ1n) is 9.00. The lowest BCUT2D eigenvalue weighted by Crippen LogP contribution is -2.48. The van der Waals surface area contributed by atoms with Gasteiger partial charge in [-0.05, 0) is 12.5 Å². The highest BCUT2D eigenvalue weighted by atomic mass is 16.7. The minimum absolute atomic E-state index is 0.0244. The van der Waals surface area contributed by atoms with Gasteiger partial charge < -0.3 is 29.4 Å². The van der Waals surface area contributed by atoms with Crippen molar-refractivity contribution in [2.45, 2.75) is 44.2 Å². The van der Waals surface area contributed by atoms with Crippen LogP contribution in [0.5, 0.6) is 0 Å². The molecule has 1 aromatic rings. The lowest BCUT2D eigenvalue weighted by atomic mass is 10.1. The molecule has 0 aromatic heterocycles. The lowest BCUT2D eigenvalue weighted by Gasteiger charge is -2.27. The summed E-state index contributed by atoms with van der Waals surface area (Å²) in [5.74, 6) is 0. The van der Waals surface area contributed by atoms with Gasteiger partial charge in [-0.15, -0.1) is 4.91 Å². The topological polar surface area (TPSA) is 119 Å². The van der Waals surface area contributed by atoms with E-state index in [1.54, 1.807) is 6.92 Å². The molecule has 10 nitrogen and oxygen atoms in total. The van der Waals surface area contributed by atoms with Gasteiger partial charge in [0.25, 0.3) is 0 Å². The number of nitrogens with one attached hydrogen (secondary N) is 1. The third kappa shape index (κ3) is 5.69. The lowest BCUT2D eigenvalue weighted by molar-refractivity contribution is -0.177. The number of aliphatic hydroxyl groups excluding tert-OH is 1. The van der Waals surface area contributed by atoms with Crippen LogP contribution in [-0.2, 0) is 25.6 Å². The van der Waals surface area contributed by atoms with Gasteiger partial charge in [-0.25, -0.2) is 4.79 Å². The summed E-state index contributed by atoms with van der Waals surface area (Å²) in [6.07, 6.45) is -3.98. The summed E-state index contributed by atoms with van der Waals surface area (Å²) in [5, 5.41) is 16.3. The third-order valence-corrected chi connectivity index (χ3v) is 4.39. The molecule has 2 amide bonds. The Balaban J connectivity index is 2.06. The summed E-state index contributed by atoms with van der Waals surface area (Å²) >= 11 is 0. The van der Waals surface area contributed by atoms with E-state index >= 15 is 0 Å². The van der Waals surface area contributed by atoms with Crippen LogP contribution in [0.2, 0.25) is 0 Å². The fourth-order valence-corrected chi connectivity index (χ4v) is 2.90. The van der Waals surface area contributed by atoms with Crippen LogP contribution in [0.3, 0.4) is 0 Å². The molecule has 1 heterocycles. The molecular formula is C18H27N3O7. The molecule has 1 saturated heterocycles. The number of benzene rings is 1. The number of nitrogens with zero attached hydrogens (tertiary/aromatic N) is 2. The maximum Gasteiger partial charge on any atom is 0.340 e. The first-order valence-corrected chi connectivity index (χ1v) is 9.00. The van der Waals surface area contributed by atoms with Gasteiger partial charge in [0.1, 0.15) is 24.4 Å². The van der Waals surface area contributed by atoms with Crippen LogP contribution in [0.1, 0.15) is 12.5 Å². The zero-order valence-corrected chi connectivity index (χ0v) is 16.2. The number of rotatable bonds is 10. The van der Waals surface area contributed by atoms with Gasteiger partial charge in [0.15, 0.2) is 6.29 Å². The van der Waals surface area contributed by atoms with Crippen molar-refractivity contribution in [2.24, 2.45) is 5.29 Å². The number of ether oxygens (including phenoxy) is 4. The fraction of sp³-hybridized carbons (Fsp3) is 0.611. The second-order valence-corrected chi connectivity index (χ2v) is 6.24. The predicted molar refractivity (Wildman–Crippen MR) is 99.1 cm³/mol. The molecule has 10 heteroatoms. The number of hydrogen-bond donors (Lipinski definition) is 2. The van der Waals surface area contributed by atoms with E-state index in [0.717, 1.165) is 5.56 Å². The molecule has 1 aliphatic rings. The molecule has 1 unspecified atom stereocenters. The van der Waals surface area contributed by atoms with Crippen molar-refractivity contribution in [1.29, 1.82) is 0 Å². The standard InChI is InChI=1S/C18H27N3O7/c1-4-26-17-14(22)16(27-11-12-8-6-5-7-9-12)15(28-17)13(25-3)10-19-18(23)21(2)20-24/h5-9,13-17,22H,4,10-11H2,1-3H3,(H,19,23)/t13-,14-,15-,16-,17?/m1/s1. The smallest absolute Gasteiger partial charge is 0.340 e. The molecule has 0 saturated carbocycles. The highest BCUT2D eigenvalue weighted by molar-refractivity contribution is 5.73. The molecular weight excluding hydrogens is 370 g/mol. The Morgan fingerprint density at radius 2 is 2.07 bits per heavy atom.